The number of hydrogen-bond donors (Lipinski definition) is 2. The number of halogens is 2. The highest BCUT2D eigenvalue weighted by molar-refractivity contribution is 5.93. The fourth-order valence-corrected chi connectivity index (χ4v) is 1.97. The lowest BCUT2D eigenvalue weighted by Crippen LogP contribution is -2.37. The molecule has 94 valence electrons. The van der Waals surface area contributed by atoms with Crippen molar-refractivity contribution in [3.05, 3.63) is 24.0 Å². The van der Waals surface area contributed by atoms with Gasteiger partial charge in [0.05, 0.1) is 6.54 Å². The van der Waals surface area contributed by atoms with E-state index in [1.165, 1.54) is 10.8 Å². The van der Waals surface area contributed by atoms with Gasteiger partial charge in [0.2, 0.25) is 0 Å². The van der Waals surface area contributed by atoms with Crippen molar-refractivity contribution in [2.75, 3.05) is 13.1 Å². The number of rotatable bonds is 4. The highest BCUT2D eigenvalue weighted by atomic mass is 19.3. The second-order valence-corrected chi connectivity index (χ2v) is 4.10. The Balaban J connectivity index is 2.00. The maximum Gasteiger partial charge on any atom is 0.268 e. The van der Waals surface area contributed by atoms with E-state index in [4.69, 9.17) is 0 Å². The zero-order chi connectivity index (χ0) is 12.3. The van der Waals surface area contributed by atoms with E-state index in [-0.39, 0.29) is 17.6 Å². The minimum absolute atomic E-state index is 0.0948. The molecule has 4 nitrogen and oxygen atoms in total. The molecule has 1 atom stereocenters. The molecule has 2 N–H and O–H groups in total. The SMILES string of the molecule is O=C(N[C@H]1CCNC1)c1cccn1CC(F)F. The summed E-state index contributed by atoms with van der Waals surface area (Å²) in [5.41, 5.74) is 0.289. The van der Waals surface area contributed by atoms with Crippen LogP contribution in [0, 0.1) is 0 Å². The van der Waals surface area contributed by atoms with Gasteiger partial charge in [0.15, 0.2) is 0 Å². The molecule has 1 fully saturated rings. The van der Waals surface area contributed by atoms with Crippen LogP contribution in [0.5, 0.6) is 0 Å². The summed E-state index contributed by atoms with van der Waals surface area (Å²) >= 11 is 0. The molecule has 1 amide bonds. The fraction of sp³-hybridized carbons (Fsp3) is 0.545. The molecule has 1 aromatic heterocycles. The van der Waals surface area contributed by atoms with Crippen LogP contribution >= 0.6 is 0 Å². The summed E-state index contributed by atoms with van der Waals surface area (Å²) in [6.45, 7) is 1.17. The van der Waals surface area contributed by atoms with E-state index in [0.29, 0.717) is 0 Å². The summed E-state index contributed by atoms with van der Waals surface area (Å²) in [5.74, 6) is -0.288. The van der Waals surface area contributed by atoms with Gasteiger partial charge in [-0.2, -0.15) is 0 Å². The maximum absolute atomic E-state index is 12.3. The van der Waals surface area contributed by atoms with Crippen LogP contribution in [0.4, 0.5) is 8.78 Å². The molecular formula is C11H15F2N3O. The standard InChI is InChI=1S/C11H15F2N3O/c12-10(13)7-16-5-1-2-9(16)11(17)15-8-3-4-14-6-8/h1-2,5,8,10,14H,3-4,6-7H2,(H,15,17)/t8-/m0/s1. The van der Waals surface area contributed by atoms with Gasteiger partial charge in [-0.3, -0.25) is 4.79 Å². The molecule has 2 heterocycles. The van der Waals surface area contributed by atoms with E-state index < -0.39 is 13.0 Å². The summed E-state index contributed by atoms with van der Waals surface area (Å²) in [6.07, 6.45) is -0.0861. The zero-order valence-electron chi connectivity index (χ0n) is 9.33. The largest absolute Gasteiger partial charge is 0.347 e. The van der Waals surface area contributed by atoms with E-state index in [0.717, 1.165) is 19.5 Å². The Bertz CT molecular complexity index is 386. The van der Waals surface area contributed by atoms with Crippen LogP contribution in [0.15, 0.2) is 18.3 Å². The Morgan fingerprint density at radius 3 is 3.12 bits per heavy atom. The Labute approximate surface area is 98.0 Å². The van der Waals surface area contributed by atoms with Crippen molar-refractivity contribution in [1.29, 1.82) is 0 Å². The van der Waals surface area contributed by atoms with E-state index >= 15 is 0 Å². The van der Waals surface area contributed by atoms with Crippen molar-refractivity contribution in [3.8, 4) is 0 Å². The average molecular weight is 243 g/mol. The maximum atomic E-state index is 12.3. The monoisotopic (exact) mass is 243 g/mol. The van der Waals surface area contributed by atoms with E-state index in [1.807, 2.05) is 0 Å². The third-order valence-corrected chi connectivity index (χ3v) is 2.79. The van der Waals surface area contributed by atoms with Crippen molar-refractivity contribution in [2.45, 2.75) is 25.4 Å². The molecule has 17 heavy (non-hydrogen) atoms. The molecule has 0 spiro atoms. The first-order chi connectivity index (χ1) is 8.16. The van der Waals surface area contributed by atoms with Crippen LogP contribution in [0.25, 0.3) is 0 Å². The second kappa shape index (κ2) is 5.27. The molecule has 0 radical (unpaired) electrons. The lowest BCUT2D eigenvalue weighted by atomic mass is 10.2. The van der Waals surface area contributed by atoms with Gasteiger partial charge in [-0.25, -0.2) is 8.78 Å². The van der Waals surface area contributed by atoms with Gasteiger partial charge >= 0.3 is 0 Å². The molecule has 1 aliphatic rings. The summed E-state index contributed by atoms with van der Waals surface area (Å²) < 4.78 is 25.8. The number of carbonyl (C=O) groups excluding carboxylic acids is 1. The van der Waals surface area contributed by atoms with Gasteiger partial charge in [-0.1, -0.05) is 0 Å². The van der Waals surface area contributed by atoms with Crippen molar-refractivity contribution in [2.24, 2.45) is 0 Å². The summed E-state index contributed by atoms with van der Waals surface area (Å²) in [7, 11) is 0. The van der Waals surface area contributed by atoms with Gasteiger partial charge < -0.3 is 15.2 Å². The molecule has 0 aliphatic carbocycles. The minimum Gasteiger partial charge on any atom is -0.347 e. The molecule has 1 saturated heterocycles. The Hall–Kier alpha value is -1.43. The highest BCUT2D eigenvalue weighted by Gasteiger charge is 2.19. The van der Waals surface area contributed by atoms with Gasteiger partial charge in [-0.15, -0.1) is 0 Å². The molecule has 0 saturated carbocycles. The number of nitrogens with one attached hydrogen (secondary N) is 2. The molecule has 1 aliphatic heterocycles. The molecular weight excluding hydrogens is 228 g/mol. The number of amides is 1. The third kappa shape index (κ3) is 3.03. The smallest absolute Gasteiger partial charge is 0.268 e. The number of hydrogen-bond acceptors (Lipinski definition) is 2. The van der Waals surface area contributed by atoms with Gasteiger partial charge in [0.25, 0.3) is 12.3 Å². The van der Waals surface area contributed by atoms with Crippen LogP contribution in [0.1, 0.15) is 16.9 Å². The molecule has 2 rings (SSSR count). The van der Waals surface area contributed by atoms with Crippen LogP contribution in [0.2, 0.25) is 0 Å². The van der Waals surface area contributed by atoms with Gasteiger partial charge in [0.1, 0.15) is 5.69 Å². The quantitative estimate of drug-likeness (QED) is 0.823. The normalized spacial score (nSPS) is 19.8. The number of nitrogens with zero attached hydrogens (tertiary/aromatic N) is 1. The van der Waals surface area contributed by atoms with Crippen LogP contribution in [-0.2, 0) is 6.54 Å². The van der Waals surface area contributed by atoms with Crippen molar-refractivity contribution in [1.82, 2.24) is 15.2 Å². The van der Waals surface area contributed by atoms with E-state index in [1.54, 1.807) is 12.1 Å². The van der Waals surface area contributed by atoms with Gasteiger partial charge in [0, 0.05) is 18.8 Å². The van der Waals surface area contributed by atoms with Crippen molar-refractivity contribution >= 4 is 5.91 Å². The van der Waals surface area contributed by atoms with Crippen molar-refractivity contribution < 1.29 is 13.6 Å². The summed E-state index contributed by atoms with van der Waals surface area (Å²) in [6, 6.07) is 3.25. The highest BCUT2D eigenvalue weighted by Crippen LogP contribution is 2.07. The predicted octanol–water partition coefficient (Wildman–Crippen LogP) is 0.845. The predicted molar refractivity (Wildman–Crippen MR) is 59.2 cm³/mol. The summed E-state index contributed by atoms with van der Waals surface area (Å²) in [5, 5.41) is 5.96. The Morgan fingerprint density at radius 1 is 1.65 bits per heavy atom. The van der Waals surface area contributed by atoms with E-state index in [9.17, 15) is 13.6 Å². The fourth-order valence-electron chi connectivity index (χ4n) is 1.97. The average Bonchev–Trinajstić information content (AvgIpc) is 2.87. The molecule has 0 unspecified atom stereocenters. The Kier molecular flexibility index (Phi) is 3.73. The van der Waals surface area contributed by atoms with Crippen LogP contribution in [0.3, 0.4) is 0 Å². The number of carbonyl (C=O) groups is 1. The summed E-state index contributed by atoms with van der Waals surface area (Å²) in [4.78, 5) is 11.9. The molecule has 0 bridgehead atoms. The number of alkyl halides is 2. The first-order valence-electron chi connectivity index (χ1n) is 5.61. The first-order valence-corrected chi connectivity index (χ1v) is 5.61. The minimum atomic E-state index is -2.46. The van der Waals surface area contributed by atoms with E-state index in [2.05, 4.69) is 10.6 Å². The van der Waals surface area contributed by atoms with Crippen molar-refractivity contribution in [3.63, 3.8) is 0 Å². The lowest BCUT2D eigenvalue weighted by molar-refractivity contribution is 0.0917. The third-order valence-electron chi connectivity index (χ3n) is 2.79. The molecule has 6 heteroatoms. The molecule has 0 aromatic carbocycles. The Morgan fingerprint density at radius 2 is 2.47 bits per heavy atom. The van der Waals surface area contributed by atoms with Crippen LogP contribution in [-0.4, -0.2) is 36.0 Å². The topological polar surface area (TPSA) is 46.1 Å². The lowest BCUT2D eigenvalue weighted by Gasteiger charge is -2.13. The first kappa shape index (κ1) is 12.0. The number of aromatic nitrogens is 1. The van der Waals surface area contributed by atoms with Gasteiger partial charge in [-0.05, 0) is 25.1 Å². The van der Waals surface area contributed by atoms with Crippen LogP contribution < -0.4 is 10.6 Å². The second-order valence-electron chi connectivity index (χ2n) is 4.10. The zero-order valence-corrected chi connectivity index (χ0v) is 9.33. The molecule has 1 aromatic rings.